The van der Waals surface area contributed by atoms with E-state index in [0.717, 1.165) is 0 Å². The maximum atomic E-state index is 11.2. The van der Waals surface area contributed by atoms with Crippen LogP contribution >= 0.6 is 0 Å². The fraction of sp³-hybridized carbons (Fsp3) is 1.00. The SMILES string of the molecule is OCC1OC2OC3C(CO)OC(OC4C(CO)OC(OC5C(O)C(O)C(OC6C(CO)OC(OC7C(CO)OC(OC1C(O)C2O)C(O)C7O)C(O)C6O)O[C@H]5CO)C(O)C4O)C(O)C3O. The van der Waals surface area contributed by atoms with Crippen LogP contribution in [0.5, 0.6) is 0 Å². The lowest BCUT2D eigenvalue weighted by Crippen LogP contribution is -2.69. The smallest absolute Gasteiger partial charge is 0.187 e. The first-order valence-corrected chi connectivity index (χ1v) is 21.1. The molecule has 22 rings (SSSR count). The van der Waals surface area contributed by atoms with Gasteiger partial charge in [-0.2, -0.15) is 0 Å². The molecule has 66 heavy (non-hydrogen) atoms. The average molecular weight is 973 g/mol. The molecule has 12 bridgehead atoms. The van der Waals surface area contributed by atoms with E-state index in [2.05, 4.69) is 0 Å². The second-order valence-electron chi connectivity index (χ2n) is 16.8. The van der Waals surface area contributed by atoms with Crippen LogP contribution in [-0.4, -0.2) is 316 Å². The minimum absolute atomic E-state index is 0.999. The summed E-state index contributed by atoms with van der Waals surface area (Å²) in [6.07, 6.45) is -58.5. The first-order valence-electron chi connectivity index (χ1n) is 21.1. The first kappa shape index (κ1) is 52.6. The number of aliphatic hydroxyl groups excluding tert-OH is 18. The molecule has 0 radical (unpaired) electrons. The van der Waals surface area contributed by atoms with Crippen molar-refractivity contribution < 1.29 is 149 Å². The maximum Gasteiger partial charge on any atom is 0.187 e. The second kappa shape index (κ2) is 22.1. The van der Waals surface area contributed by atoms with Crippen LogP contribution < -0.4 is 0 Å². The number of hydrogen-bond donors (Lipinski definition) is 18. The molecule has 0 amide bonds. The number of rotatable bonds is 6. The molecule has 0 aromatic rings. The third kappa shape index (κ3) is 10.0. The topological polar surface area (TPSA) is 475 Å². The molecule has 29 unspecified atom stereocenters. The van der Waals surface area contributed by atoms with Gasteiger partial charge in [0.2, 0.25) is 0 Å². The summed E-state index contributed by atoms with van der Waals surface area (Å²) in [5.41, 5.74) is 0. The first-order chi connectivity index (χ1) is 31.4. The van der Waals surface area contributed by atoms with Crippen LogP contribution in [0.15, 0.2) is 0 Å². The molecule has 384 valence electrons. The molecule has 0 aromatic heterocycles. The van der Waals surface area contributed by atoms with Crippen molar-refractivity contribution in [3.63, 3.8) is 0 Å². The van der Waals surface area contributed by atoms with Crippen molar-refractivity contribution in [3.05, 3.63) is 0 Å². The summed E-state index contributed by atoms with van der Waals surface area (Å²) >= 11 is 0. The minimum atomic E-state index is -2.15. The van der Waals surface area contributed by atoms with E-state index in [1.54, 1.807) is 0 Å². The van der Waals surface area contributed by atoms with E-state index >= 15 is 0 Å². The molecule has 22 aliphatic rings. The van der Waals surface area contributed by atoms with Crippen LogP contribution in [0.1, 0.15) is 0 Å². The predicted octanol–water partition coefficient (Wildman–Crippen LogP) is -13.1. The highest BCUT2D eigenvalue weighted by Gasteiger charge is 2.58. The van der Waals surface area contributed by atoms with Crippen molar-refractivity contribution in [3.8, 4) is 0 Å². The lowest BCUT2D eigenvalue weighted by Gasteiger charge is -2.50. The van der Waals surface area contributed by atoms with Gasteiger partial charge in [0.05, 0.1) is 39.6 Å². The molecule has 0 spiro atoms. The van der Waals surface area contributed by atoms with Crippen LogP contribution in [0.4, 0.5) is 0 Å². The second-order valence-corrected chi connectivity index (χ2v) is 16.8. The fourth-order valence-corrected chi connectivity index (χ4v) is 8.93. The van der Waals surface area contributed by atoms with Gasteiger partial charge in [0, 0.05) is 0 Å². The summed E-state index contributed by atoms with van der Waals surface area (Å²) in [4.78, 5) is 0. The Morgan fingerprint density at radius 2 is 0.303 bits per heavy atom. The molecule has 18 N–H and O–H groups in total. The van der Waals surface area contributed by atoms with Gasteiger partial charge in [0.1, 0.15) is 146 Å². The summed E-state index contributed by atoms with van der Waals surface area (Å²) in [6.45, 7) is -5.99. The van der Waals surface area contributed by atoms with E-state index in [9.17, 15) is 91.9 Å². The minimum Gasteiger partial charge on any atom is -0.394 e. The molecule has 0 aliphatic carbocycles. The summed E-state index contributed by atoms with van der Waals surface area (Å²) in [5.74, 6) is 0. The number of hydrogen-bond acceptors (Lipinski definition) is 30. The molecular weight excluding hydrogens is 912 g/mol. The Labute approximate surface area is 372 Å². The zero-order valence-corrected chi connectivity index (χ0v) is 34.5. The van der Waals surface area contributed by atoms with Crippen molar-refractivity contribution >= 4 is 0 Å². The third-order valence-corrected chi connectivity index (χ3v) is 12.7. The van der Waals surface area contributed by atoms with Gasteiger partial charge in [-0.1, -0.05) is 0 Å². The van der Waals surface area contributed by atoms with Crippen molar-refractivity contribution in [2.45, 2.75) is 184 Å². The van der Waals surface area contributed by atoms with Crippen molar-refractivity contribution in [1.29, 1.82) is 0 Å². The zero-order valence-electron chi connectivity index (χ0n) is 34.5. The highest BCUT2D eigenvalue weighted by Crippen LogP contribution is 2.38. The molecule has 30 nitrogen and oxygen atoms in total. The molecule has 0 aromatic carbocycles. The van der Waals surface area contributed by atoms with E-state index in [-0.39, 0.29) is 0 Å². The van der Waals surface area contributed by atoms with Gasteiger partial charge in [-0.05, 0) is 0 Å². The van der Waals surface area contributed by atoms with E-state index in [4.69, 9.17) is 56.8 Å². The molecular formula is C36H60O30. The van der Waals surface area contributed by atoms with Gasteiger partial charge in [-0.15, -0.1) is 0 Å². The Balaban J connectivity index is 1.19. The fourth-order valence-electron chi connectivity index (χ4n) is 8.93. The van der Waals surface area contributed by atoms with Crippen LogP contribution in [-0.2, 0) is 56.8 Å². The summed E-state index contributed by atoms with van der Waals surface area (Å²) < 4.78 is 67.9. The Hall–Kier alpha value is -1.20. The normalized spacial score (nSPS) is 55.4. The quantitative estimate of drug-likeness (QED) is 0.117. The monoisotopic (exact) mass is 972 g/mol. The summed E-state index contributed by atoms with van der Waals surface area (Å²) in [7, 11) is 0. The van der Waals surface area contributed by atoms with Gasteiger partial charge < -0.3 is 149 Å². The van der Waals surface area contributed by atoms with Crippen molar-refractivity contribution in [1.82, 2.24) is 0 Å². The Bertz CT molecular complexity index is 1230. The number of aliphatic hydroxyl groups is 18. The van der Waals surface area contributed by atoms with Gasteiger partial charge in [-0.25, -0.2) is 0 Å². The lowest BCUT2D eigenvalue weighted by atomic mass is 9.94. The molecule has 22 fully saturated rings. The number of ether oxygens (including phenoxy) is 12. The summed E-state index contributed by atoms with van der Waals surface area (Å²) in [6, 6.07) is 0. The van der Waals surface area contributed by atoms with E-state index in [0.29, 0.717) is 0 Å². The van der Waals surface area contributed by atoms with E-state index in [1.165, 1.54) is 0 Å². The van der Waals surface area contributed by atoms with E-state index in [1.807, 2.05) is 0 Å². The molecule has 30 heteroatoms. The van der Waals surface area contributed by atoms with Gasteiger partial charge in [0.25, 0.3) is 0 Å². The Morgan fingerprint density at radius 3 is 0.409 bits per heavy atom. The third-order valence-electron chi connectivity index (χ3n) is 12.7. The highest BCUT2D eigenvalue weighted by molar-refractivity contribution is 5.01. The lowest BCUT2D eigenvalue weighted by molar-refractivity contribution is -0.404. The van der Waals surface area contributed by atoms with Gasteiger partial charge in [-0.3, -0.25) is 0 Å². The molecule has 0 saturated carbocycles. The van der Waals surface area contributed by atoms with Crippen molar-refractivity contribution in [2.24, 2.45) is 0 Å². The Kier molecular flexibility index (Phi) is 17.6. The average Bonchev–Trinajstić information content (AvgIpc) is 3.31. The van der Waals surface area contributed by atoms with E-state index < -0.39 is 224 Å². The largest absolute Gasteiger partial charge is 0.394 e. The van der Waals surface area contributed by atoms with Gasteiger partial charge in [0.15, 0.2) is 37.7 Å². The molecule has 22 aliphatic heterocycles. The van der Waals surface area contributed by atoms with Crippen LogP contribution in [0.25, 0.3) is 0 Å². The standard InChI is InChI=1S/C36H60O30/c37-1-7-25-13(43)19(49)31(55-7)62-26-8(2-38)57-33(21(51)15(26)45)64-28-10(4-40)59-35(23(53)17(28)47)66-30-12(6-42)60-36(24(54)18(30)48)65-29-11(5-41)58-34(22(52)16(29)46)63-27-9(3-39)56-32(61-25)20(50)14(27)44/h7-54H,1-6H2/t7-,8?,9?,10?,11?,12?,13?,14?,15?,16?,17?,18?,19?,20?,21?,22?,23?,24?,25?,26?,27?,28?,29?,30?,31?,32?,33?,34?,35?,36?/m0/s1. The summed E-state index contributed by atoms with van der Waals surface area (Å²) in [5, 5.41) is 196. The van der Waals surface area contributed by atoms with Crippen LogP contribution in [0, 0.1) is 0 Å². The van der Waals surface area contributed by atoms with Gasteiger partial charge >= 0.3 is 0 Å². The van der Waals surface area contributed by atoms with Crippen LogP contribution in [0.3, 0.4) is 0 Å². The Morgan fingerprint density at radius 1 is 0.182 bits per heavy atom. The highest BCUT2D eigenvalue weighted by atomic mass is 16.8. The zero-order chi connectivity index (χ0) is 48.0. The van der Waals surface area contributed by atoms with Crippen LogP contribution in [0.2, 0.25) is 0 Å². The molecule has 30 atom stereocenters. The van der Waals surface area contributed by atoms with Crippen molar-refractivity contribution in [2.75, 3.05) is 39.6 Å². The predicted molar refractivity (Wildman–Crippen MR) is 196 cm³/mol. The maximum absolute atomic E-state index is 11.2. The molecule has 22 saturated heterocycles. The molecule has 22 heterocycles.